The fourth-order valence-electron chi connectivity index (χ4n) is 6.83. The number of nitrogens with zero attached hydrogens (tertiary/aromatic N) is 2. The summed E-state index contributed by atoms with van der Waals surface area (Å²) in [7, 11) is -7.49. The molecule has 0 aromatic carbocycles. The number of nitrogens with one attached hydrogen (secondary N) is 2. The van der Waals surface area contributed by atoms with Crippen LogP contribution < -0.4 is 22.1 Å². The Morgan fingerprint density at radius 1 is 0.634 bits per heavy atom. The first-order valence-corrected chi connectivity index (χ1v) is 22.1. The zero-order chi connectivity index (χ0) is 30.8. The topological polar surface area (TPSA) is 93.9 Å². The minimum Gasteiger partial charge on any atom is -0.344 e. The Labute approximate surface area is 251 Å². The maximum absolute atomic E-state index is 7.76. The van der Waals surface area contributed by atoms with E-state index in [0.29, 0.717) is 0 Å². The second-order valence-corrected chi connectivity index (χ2v) is 24.7. The first kappa shape index (κ1) is 34.4. The van der Waals surface area contributed by atoms with Gasteiger partial charge in [0, 0.05) is 0 Å². The molecule has 6 N–H and O–H groups in total. The summed E-state index contributed by atoms with van der Waals surface area (Å²) in [5, 5.41) is 6.68. The maximum Gasteiger partial charge on any atom is 0.176 e. The van der Waals surface area contributed by atoms with Crippen molar-refractivity contribution in [2.75, 3.05) is 5.32 Å². The second-order valence-electron chi connectivity index (χ2n) is 11.4. The molecule has 2 atom stereocenters. The third-order valence-electron chi connectivity index (χ3n) is 8.82. The Kier molecular flexibility index (Phi) is 12.1. The molecule has 2 rings (SSSR count). The normalized spacial score (nSPS) is 20.5. The van der Waals surface area contributed by atoms with Crippen LogP contribution in [0, 0.1) is 0 Å². The van der Waals surface area contributed by atoms with Crippen molar-refractivity contribution in [2.45, 2.75) is 65.1 Å². The third kappa shape index (κ3) is 6.06. The Morgan fingerprint density at radius 3 is 1.37 bits per heavy atom. The monoisotopic (exact) mass is 604 g/mol. The van der Waals surface area contributed by atoms with Gasteiger partial charge in [-0.25, -0.2) is 4.98 Å². The average molecular weight is 605 g/mol. The third-order valence-corrected chi connectivity index (χ3v) is 23.7. The standard InChI is InChI=1S/C32H52N6Si3/c1-10-19-39(20-11-2,21-12-3)31(33)29-30(38(28-35-29)41(25-16-7,26-17-8)27-18-9)36-32(34,37-31)40(22-13-4,23-14-5)24-15-6/h10-18,28,36-37H,1-9,19-27,33-34H2. The zero-order valence-electron chi connectivity index (χ0n) is 25.1. The van der Waals surface area contributed by atoms with E-state index in [1.54, 1.807) is 0 Å². The molecule has 0 radical (unpaired) electrons. The summed E-state index contributed by atoms with van der Waals surface area (Å²) in [6.07, 6.45) is 19.8. The molecule has 0 saturated carbocycles. The van der Waals surface area contributed by atoms with E-state index >= 15 is 0 Å². The van der Waals surface area contributed by atoms with Crippen molar-refractivity contribution in [3.63, 3.8) is 0 Å². The summed E-state index contributed by atoms with van der Waals surface area (Å²) in [5.41, 5.74) is 15.1. The van der Waals surface area contributed by atoms with Crippen LogP contribution >= 0.6 is 0 Å². The lowest BCUT2D eigenvalue weighted by atomic mass is 10.3. The van der Waals surface area contributed by atoms with Crippen molar-refractivity contribution in [1.82, 2.24) is 14.5 Å². The molecule has 6 nitrogen and oxygen atoms in total. The van der Waals surface area contributed by atoms with Gasteiger partial charge < -0.3 is 15.3 Å². The van der Waals surface area contributed by atoms with Crippen LogP contribution in [0.25, 0.3) is 0 Å². The second kappa shape index (κ2) is 14.4. The molecule has 2 heterocycles. The molecule has 0 fully saturated rings. The average Bonchev–Trinajstić information content (AvgIpc) is 3.35. The number of allylic oxidation sites excluding steroid dienone is 9. The van der Waals surface area contributed by atoms with Crippen molar-refractivity contribution in [3.05, 3.63) is 126 Å². The van der Waals surface area contributed by atoms with Crippen molar-refractivity contribution < 1.29 is 0 Å². The zero-order valence-corrected chi connectivity index (χ0v) is 28.1. The number of imidazole rings is 1. The van der Waals surface area contributed by atoms with Gasteiger partial charge in [0.25, 0.3) is 0 Å². The highest BCUT2D eigenvalue weighted by molar-refractivity contribution is 6.86. The van der Waals surface area contributed by atoms with Gasteiger partial charge in [0.2, 0.25) is 0 Å². The highest BCUT2D eigenvalue weighted by Gasteiger charge is 2.62. The quantitative estimate of drug-likeness (QED) is 0.0890. The van der Waals surface area contributed by atoms with Gasteiger partial charge in [0.15, 0.2) is 8.24 Å². The summed E-state index contributed by atoms with van der Waals surface area (Å²) >= 11 is 0. The van der Waals surface area contributed by atoms with Crippen LogP contribution in [-0.2, 0) is 5.29 Å². The molecule has 0 saturated heterocycles. The minimum absolute atomic E-state index is 0.740. The van der Waals surface area contributed by atoms with E-state index in [0.717, 1.165) is 65.9 Å². The van der Waals surface area contributed by atoms with Crippen LogP contribution in [0.2, 0.25) is 54.4 Å². The molecule has 222 valence electrons. The number of anilines is 1. The molecule has 41 heavy (non-hydrogen) atoms. The lowest BCUT2D eigenvalue weighted by Gasteiger charge is -2.59. The van der Waals surface area contributed by atoms with E-state index in [1.807, 2.05) is 61.0 Å². The predicted molar refractivity (Wildman–Crippen MR) is 189 cm³/mol. The lowest BCUT2D eigenvalue weighted by molar-refractivity contribution is 0.340. The van der Waals surface area contributed by atoms with Crippen molar-refractivity contribution in [1.29, 1.82) is 0 Å². The molecule has 0 amide bonds. The molecule has 0 spiro atoms. The molecule has 1 aromatic heterocycles. The summed E-state index contributed by atoms with van der Waals surface area (Å²) < 4.78 is 2.33. The largest absolute Gasteiger partial charge is 0.344 e. The van der Waals surface area contributed by atoms with Gasteiger partial charge in [0.1, 0.15) is 38.4 Å². The van der Waals surface area contributed by atoms with Gasteiger partial charge >= 0.3 is 0 Å². The number of aromatic nitrogens is 2. The fraction of sp³-hybridized carbons (Fsp3) is 0.344. The van der Waals surface area contributed by atoms with Crippen LogP contribution in [0.1, 0.15) is 5.69 Å². The molecule has 0 bridgehead atoms. The molecule has 1 aliphatic rings. The first-order valence-electron chi connectivity index (χ1n) is 14.3. The lowest BCUT2D eigenvalue weighted by Crippen LogP contribution is -2.86. The predicted octanol–water partition coefficient (Wildman–Crippen LogP) is 7.07. The van der Waals surface area contributed by atoms with E-state index in [9.17, 15) is 0 Å². The van der Waals surface area contributed by atoms with Gasteiger partial charge in [-0.15, -0.1) is 59.2 Å². The van der Waals surface area contributed by atoms with Crippen molar-refractivity contribution in [2.24, 2.45) is 11.5 Å². The summed E-state index contributed by atoms with van der Waals surface area (Å²) in [6.45, 7) is 37.1. The number of nitrogens with two attached hydrogens (primary N) is 2. The van der Waals surface area contributed by atoms with Gasteiger partial charge in [-0.3, -0.25) is 11.1 Å². The van der Waals surface area contributed by atoms with Gasteiger partial charge in [-0.2, -0.15) is 0 Å². The van der Waals surface area contributed by atoms with Crippen LogP contribution in [0.4, 0.5) is 5.82 Å². The van der Waals surface area contributed by atoms with Gasteiger partial charge in [-0.05, 0) is 54.4 Å². The van der Waals surface area contributed by atoms with Crippen molar-refractivity contribution >= 4 is 30.2 Å². The molecule has 1 aliphatic heterocycles. The summed E-state index contributed by atoms with van der Waals surface area (Å²) in [4.78, 5) is 5.10. The Hall–Kier alpha value is -2.80. The van der Waals surface area contributed by atoms with Crippen LogP contribution in [-0.4, -0.2) is 39.0 Å². The molecule has 2 unspecified atom stereocenters. The number of rotatable bonds is 21. The highest BCUT2D eigenvalue weighted by atomic mass is 28.3. The van der Waals surface area contributed by atoms with E-state index in [1.165, 1.54) is 0 Å². The summed E-state index contributed by atoms with van der Waals surface area (Å²) in [6, 6.07) is 6.92. The molecule has 0 aliphatic carbocycles. The molecular formula is C32H52N6Si3. The Morgan fingerprint density at radius 2 is 1.00 bits per heavy atom. The van der Waals surface area contributed by atoms with E-state index in [2.05, 4.69) is 74.1 Å². The minimum atomic E-state index is -2.59. The molecule has 9 heteroatoms. The maximum atomic E-state index is 7.76. The van der Waals surface area contributed by atoms with Gasteiger partial charge in [-0.1, -0.05) is 54.7 Å². The number of fused-ring (bicyclic) bond motifs is 1. The first-order chi connectivity index (χ1) is 19.6. The molecule has 1 aromatic rings. The Bertz CT molecular complexity index is 1090. The van der Waals surface area contributed by atoms with Crippen LogP contribution in [0.15, 0.2) is 120 Å². The Balaban J connectivity index is 3.13. The smallest absolute Gasteiger partial charge is 0.176 e. The van der Waals surface area contributed by atoms with E-state index in [-0.39, 0.29) is 0 Å². The van der Waals surface area contributed by atoms with Gasteiger partial charge in [0.05, 0.1) is 6.33 Å². The number of hydrogen-bond donors (Lipinski definition) is 4. The highest BCUT2D eigenvalue weighted by Crippen LogP contribution is 2.47. The summed E-state index contributed by atoms with van der Waals surface area (Å²) in [5.74, 6) is 0.870. The van der Waals surface area contributed by atoms with Crippen molar-refractivity contribution in [3.8, 4) is 0 Å². The van der Waals surface area contributed by atoms with E-state index in [4.69, 9.17) is 16.5 Å². The number of hydrogen-bond acceptors (Lipinski definition) is 5. The van der Waals surface area contributed by atoms with Crippen LogP contribution in [0.3, 0.4) is 0 Å². The SMILES string of the molecule is C=CC[Si](CC=C)(CC=C)n1cnc2c1NC(N)([Si](CC=C)(CC=C)CC=C)NC2(N)[Si](CC=C)(CC=C)CC=C. The van der Waals surface area contributed by atoms with Crippen LogP contribution in [0.5, 0.6) is 0 Å². The molecular weight excluding hydrogens is 553 g/mol. The fourth-order valence-corrected chi connectivity index (χ4v) is 18.8. The van der Waals surface area contributed by atoms with E-state index < -0.39 is 35.1 Å².